The Bertz CT molecular complexity index is 1570. The summed E-state index contributed by atoms with van der Waals surface area (Å²) >= 11 is 7.92. The van der Waals surface area contributed by atoms with Gasteiger partial charge in [-0.2, -0.15) is 0 Å². The van der Waals surface area contributed by atoms with E-state index in [2.05, 4.69) is 32.4 Å². The van der Waals surface area contributed by atoms with Gasteiger partial charge in [-0.05, 0) is 42.0 Å². The molecule has 0 unspecified atom stereocenters. The molecule has 8 nitrogen and oxygen atoms in total. The summed E-state index contributed by atoms with van der Waals surface area (Å²) in [5.41, 5.74) is 1.44. The molecule has 0 aliphatic carbocycles. The van der Waals surface area contributed by atoms with Gasteiger partial charge in [0.2, 0.25) is 0 Å². The van der Waals surface area contributed by atoms with Crippen LogP contribution in [0.5, 0.6) is 5.75 Å². The molecule has 1 fully saturated rings. The van der Waals surface area contributed by atoms with Crippen molar-refractivity contribution < 1.29 is 18.7 Å². The molecule has 11 heteroatoms. The Hall–Kier alpha value is -3.91. The topological polar surface area (TPSA) is 88.6 Å². The lowest BCUT2D eigenvalue weighted by Crippen LogP contribution is -2.29. The molecule has 0 radical (unpaired) electrons. The summed E-state index contributed by atoms with van der Waals surface area (Å²) in [6.07, 6.45) is 1.57. The molecule has 0 spiro atoms. The Balaban J connectivity index is 1.24. The summed E-state index contributed by atoms with van der Waals surface area (Å²) in [7, 11) is 3.32. The van der Waals surface area contributed by atoms with E-state index >= 15 is 0 Å². The lowest BCUT2D eigenvalue weighted by molar-refractivity contribution is 0.0826. The third-order valence-corrected chi connectivity index (χ3v) is 7.15. The van der Waals surface area contributed by atoms with E-state index in [1.165, 1.54) is 34.7 Å². The van der Waals surface area contributed by atoms with E-state index in [0.717, 1.165) is 20.8 Å². The van der Waals surface area contributed by atoms with Gasteiger partial charge in [-0.15, -0.1) is 11.3 Å². The van der Waals surface area contributed by atoms with Crippen LogP contribution in [0, 0.1) is 17.7 Å². The molecule has 2 atom stereocenters. The highest BCUT2D eigenvalue weighted by Crippen LogP contribution is 2.33. The van der Waals surface area contributed by atoms with E-state index in [1.807, 2.05) is 12.1 Å². The van der Waals surface area contributed by atoms with Crippen LogP contribution in [0.1, 0.15) is 16.9 Å². The van der Waals surface area contributed by atoms with Crippen LogP contribution in [0.25, 0.3) is 10.2 Å². The lowest BCUT2D eigenvalue weighted by atomic mass is 10.2. The molecule has 39 heavy (non-hydrogen) atoms. The number of nitrogens with one attached hydrogen (secondary N) is 2. The number of carbonyl (C=O) groups excluding carboxylic acids is 1. The molecule has 4 aromatic rings. The Labute approximate surface area is 234 Å². The summed E-state index contributed by atoms with van der Waals surface area (Å²) in [6, 6.07) is 13.5. The standard InChI is InChI=1S/C28H25ClFN5O3S/c1-35(2)28(36)38-21-11-19(31-14-21)6-8-22-13-23-26(32-16-33-27(23)39-22)34-20-7-9-25(24(29)12-20)37-15-17-4-3-5-18(30)10-17/h3-5,7,9-10,12-13,16,19,21,31H,11,14-15H2,1-2H3,(H,32,33,34)/t19-,21-/m0/s1. The number of hydrogen-bond acceptors (Lipinski definition) is 8. The third-order valence-electron chi connectivity index (χ3n) is 5.90. The molecule has 5 rings (SSSR count). The van der Waals surface area contributed by atoms with Crippen molar-refractivity contribution in [2.45, 2.75) is 25.2 Å². The minimum absolute atomic E-state index is 0.0670. The van der Waals surface area contributed by atoms with E-state index in [9.17, 15) is 9.18 Å². The smallest absolute Gasteiger partial charge is 0.409 e. The van der Waals surface area contributed by atoms with Gasteiger partial charge in [-0.1, -0.05) is 35.6 Å². The van der Waals surface area contributed by atoms with Crippen LogP contribution in [0.4, 0.5) is 20.7 Å². The van der Waals surface area contributed by atoms with Gasteiger partial charge in [-0.25, -0.2) is 19.2 Å². The number of nitrogens with zero attached hydrogens (tertiary/aromatic N) is 3. The maximum Gasteiger partial charge on any atom is 0.409 e. The van der Waals surface area contributed by atoms with Crippen molar-refractivity contribution in [1.82, 2.24) is 20.2 Å². The minimum Gasteiger partial charge on any atom is -0.487 e. The van der Waals surface area contributed by atoms with Gasteiger partial charge in [-0.3, -0.25) is 5.32 Å². The molecule has 200 valence electrons. The first-order valence-corrected chi connectivity index (χ1v) is 13.3. The van der Waals surface area contributed by atoms with Crippen molar-refractivity contribution in [1.29, 1.82) is 0 Å². The molecule has 0 saturated carbocycles. The number of thiophene rings is 1. The highest BCUT2D eigenvalue weighted by atomic mass is 35.5. The van der Waals surface area contributed by atoms with Gasteiger partial charge in [0.05, 0.1) is 21.3 Å². The number of rotatable bonds is 6. The minimum atomic E-state index is -0.356. The first-order chi connectivity index (χ1) is 18.8. The van der Waals surface area contributed by atoms with Gasteiger partial charge in [0, 0.05) is 32.7 Å². The fourth-order valence-corrected chi connectivity index (χ4v) is 5.04. The Morgan fingerprint density at radius 1 is 1.26 bits per heavy atom. The number of amides is 1. The second-order valence-electron chi connectivity index (χ2n) is 9.11. The first kappa shape index (κ1) is 26.7. The van der Waals surface area contributed by atoms with Crippen molar-refractivity contribution in [2.24, 2.45) is 0 Å². The fourth-order valence-electron chi connectivity index (χ4n) is 3.95. The van der Waals surface area contributed by atoms with Crippen LogP contribution in [-0.4, -0.2) is 53.7 Å². The first-order valence-electron chi connectivity index (χ1n) is 12.2. The molecule has 1 aliphatic heterocycles. The SMILES string of the molecule is CN(C)C(=O)O[C@@H]1CN[C@@H](C#Cc2cc3c(Nc4ccc(OCc5cccc(F)c5)c(Cl)c4)ncnc3s2)C1. The Kier molecular flexibility index (Phi) is 8.12. The second-order valence-corrected chi connectivity index (χ2v) is 10.5. The highest BCUT2D eigenvalue weighted by molar-refractivity contribution is 7.19. The molecular weight excluding hydrogens is 541 g/mol. The van der Waals surface area contributed by atoms with Gasteiger partial charge >= 0.3 is 6.09 Å². The van der Waals surface area contributed by atoms with E-state index in [-0.39, 0.29) is 30.7 Å². The normalized spacial score (nSPS) is 16.4. The summed E-state index contributed by atoms with van der Waals surface area (Å²) in [4.78, 5) is 23.6. The van der Waals surface area contributed by atoms with E-state index in [1.54, 1.807) is 38.4 Å². The monoisotopic (exact) mass is 565 g/mol. The van der Waals surface area contributed by atoms with Gasteiger partial charge < -0.3 is 19.7 Å². The molecular formula is C28H25ClFN5O3S. The number of hydrogen-bond donors (Lipinski definition) is 2. The van der Waals surface area contributed by atoms with Gasteiger partial charge in [0.15, 0.2) is 0 Å². The summed E-state index contributed by atoms with van der Waals surface area (Å²) in [6.45, 7) is 0.774. The fraction of sp³-hybridized carbons (Fsp3) is 0.250. The van der Waals surface area contributed by atoms with Crippen molar-refractivity contribution >= 4 is 50.8 Å². The molecule has 1 amide bonds. The molecule has 2 aromatic carbocycles. The van der Waals surface area contributed by atoms with Gasteiger partial charge in [0.25, 0.3) is 0 Å². The zero-order valence-electron chi connectivity index (χ0n) is 21.2. The number of carbonyl (C=O) groups is 1. The van der Waals surface area contributed by atoms with Crippen LogP contribution < -0.4 is 15.4 Å². The molecule has 0 bridgehead atoms. The highest BCUT2D eigenvalue weighted by Gasteiger charge is 2.26. The second kappa shape index (κ2) is 11.9. The Morgan fingerprint density at radius 3 is 2.92 bits per heavy atom. The molecule has 2 aromatic heterocycles. The zero-order valence-corrected chi connectivity index (χ0v) is 22.8. The van der Waals surface area contributed by atoms with Crippen LogP contribution in [0.3, 0.4) is 0 Å². The molecule has 2 N–H and O–H groups in total. The average molecular weight is 566 g/mol. The molecule has 3 heterocycles. The van der Waals surface area contributed by atoms with E-state index in [4.69, 9.17) is 21.1 Å². The molecule has 1 saturated heterocycles. The average Bonchev–Trinajstić information content (AvgIpc) is 3.54. The predicted molar refractivity (Wildman–Crippen MR) is 150 cm³/mol. The van der Waals surface area contributed by atoms with E-state index in [0.29, 0.717) is 35.1 Å². The van der Waals surface area contributed by atoms with Crippen molar-refractivity contribution in [3.8, 4) is 17.6 Å². The summed E-state index contributed by atoms with van der Waals surface area (Å²) < 4.78 is 24.6. The number of halogens is 2. The van der Waals surface area contributed by atoms with Crippen molar-refractivity contribution in [3.05, 3.63) is 76.1 Å². The number of anilines is 2. The van der Waals surface area contributed by atoms with Crippen LogP contribution >= 0.6 is 22.9 Å². The zero-order chi connectivity index (χ0) is 27.4. The lowest BCUT2D eigenvalue weighted by Gasteiger charge is -2.15. The van der Waals surface area contributed by atoms with E-state index < -0.39 is 0 Å². The van der Waals surface area contributed by atoms with Crippen LogP contribution in [0.2, 0.25) is 5.02 Å². The molecule has 1 aliphatic rings. The summed E-state index contributed by atoms with van der Waals surface area (Å²) in [5.74, 6) is 7.24. The van der Waals surface area contributed by atoms with Crippen LogP contribution in [0.15, 0.2) is 54.9 Å². The predicted octanol–water partition coefficient (Wildman–Crippen LogP) is 5.59. The number of fused-ring (bicyclic) bond motifs is 1. The number of ether oxygens (including phenoxy) is 2. The quantitative estimate of drug-likeness (QED) is 0.295. The maximum atomic E-state index is 13.4. The summed E-state index contributed by atoms with van der Waals surface area (Å²) in [5, 5.41) is 7.83. The van der Waals surface area contributed by atoms with Crippen molar-refractivity contribution in [3.63, 3.8) is 0 Å². The number of aromatic nitrogens is 2. The Morgan fingerprint density at radius 2 is 2.13 bits per heavy atom. The van der Waals surface area contributed by atoms with Crippen molar-refractivity contribution in [2.75, 3.05) is 26.0 Å². The van der Waals surface area contributed by atoms with Crippen LogP contribution in [-0.2, 0) is 11.3 Å². The maximum absolute atomic E-state index is 13.4. The third kappa shape index (κ3) is 6.75. The number of benzene rings is 2. The van der Waals surface area contributed by atoms with Gasteiger partial charge in [0.1, 0.15) is 41.3 Å². The largest absolute Gasteiger partial charge is 0.487 e.